The molecular formula is C18H13N. The summed E-state index contributed by atoms with van der Waals surface area (Å²) in [5, 5.41) is 6.39. The van der Waals surface area contributed by atoms with Crippen LogP contribution in [-0.4, -0.2) is 4.98 Å². The standard InChI is InChI=1S/C18H13N/c1-12-10-11-19-18-16-9-5-3-7-14(16)13-6-2-4-8-15(13)17(12)18/h2-11H,1H3. The first-order chi connectivity index (χ1) is 9.36. The minimum absolute atomic E-state index is 1.11. The number of hydrogen-bond donors (Lipinski definition) is 0. The van der Waals surface area contributed by atoms with E-state index in [9.17, 15) is 0 Å². The van der Waals surface area contributed by atoms with Crippen LogP contribution in [-0.2, 0) is 0 Å². The fourth-order valence-corrected chi connectivity index (χ4v) is 2.96. The largest absolute Gasteiger partial charge is 0.256 e. The van der Waals surface area contributed by atoms with Crippen molar-refractivity contribution in [3.05, 3.63) is 66.4 Å². The lowest BCUT2D eigenvalue weighted by Crippen LogP contribution is -1.87. The topological polar surface area (TPSA) is 12.9 Å². The number of nitrogens with zero attached hydrogens (tertiary/aromatic N) is 1. The molecule has 90 valence electrons. The Balaban J connectivity index is 2.48. The molecule has 1 heterocycles. The summed E-state index contributed by atoms with van der Waals surface area (Å²) in [5.41, 5.74) is 2.39. The molecule has 0 aliphatic rings. The van der Waals surface area contributed by atoms with Crippen LogP contribution >= 0.6 is 0 Å². The minimum Gasteiger partial charge on any atom is -0.256 e. The van der Waals surface area contributed by atoms with Crippen molar-refractivity contribution in [1.82, 2.24) is 4.98 Å². The molecule has 0 fully saturated rings. The van der Waals surface area contributed by atoms with E-state index in [1.54, 1.807) is 0 Å². The van der Waals surface area contributed by atoms with Gasteiger partial charge in [0.25, 0.3) is 0 Å². The zero-order valence-corrected chi connectivity index (χ0v) is 10.7. The number of fused-ring (bicyclic) bond motifs is 6. The average molecular weight is 243 g/mol. The van der Waals surface area contributed by atoms with Crippen molar-refractivity contribution in [2.75, 3.05) is 0 Å². The molecule has 0 saturated heterocycles. The molecule has 1 aromatic heterocycles. The van der Waals surface area contributed by atoms with E-state index in [1.165, 1.54) is 32.5 Å². The van der Waals surface area contributed by atoms with E-state index in [1.807, 2.05) is 6.20 Å². The maximum Gasteiger partial charge on any atom is 0.0789 e. The van der Waals surface area contributed by atoms with Gasteiger partial charge < -0.3 is 0 Å². The minimum atomic E-state index is 1.11. The smallest absolute Gasteiger partial charge is 0.0789 e. The first kappa shape index (κ1) is 10.5. The maximum atomic E-state index is 4.62. The summed E-state index contributed by atoms with van der Waals surface area (Å²) in [4.78, 5) is 4.62. The number of hydrogen-bond acceptors (Lipinski definition) is 1. The zero-order valence-electron chi connectivity index (χ0n) is 10.7. The predicted octanol–water partition coefficient (Wildman–Crippen LogP) is 4.85. The number of pyridine rings is 1. The van der Waals surface area contributed by atoms with Gasteiger partial charge in [-0.05, 0) is 34.7 Å². The second-order valence-corrected chi connectivity index (χ2v) is 4.94. The highest BCUT2D eigenvalue weighted by atomic mass is 14.6. The van der Waals surface area contributed by atoms with Gasteiger partial charge in [-0.3, -0.25) is 4.98 Å². The lowest BCUT2D eigenvalue weighted by atomic mass is 9.95. The van der Waals surface area contributed by atoms with Crippen molar-refractivity contribution in [2.24, 2.45) is 0 Å². The first-order valence-electron chi connectivity index (χ1n) is 6.51. The summed E-state index contributed by atoms with van der Waals surface area (Å²) in [6, 6.07) is 19.2. The van der Waals surface area contributed by atoms with Crippen LogP contribution in [0.3, 0.4) is 0 Å². The van der Waals surface area contributed by atoms with Crippen molar-refractivity contribution in [3.8, 4) is 0 Å². The third-order valence-corrected chi connectivity index (χ3v) is 3.83. The van der Waals surface area contributed by atoms with E-state index in [0.29, 0.717) is 0 Å². The van der Waals surface area contributed by atoms with Gasteiger partial charge in [0.15, 0.2) is 0 Å². The second-order valence-electron chi connectivity index (χ2n) is 4.94. The van der Waals surface area contributed by atoms with Crippen molar-refractivity contribution in [3.63, 3.8) is 0 Å². The third kappa shape index (κ3) is 1.39. The molecule has 19 heavy (non-hydrogen) atoms. The molecule has 0 atom stereocenters. The summed E-state index contributed by atoms with van der Waals surface area (Å²) >= 11 is 0. The number of benzene rings is 3. The maximum absolute atomic E-state index is 4.62. The van der Waals surface area contributed by atoms with Crippen molar-refractivity contribution >= 4 is 32.4 Å². The summed E-state index contributed by atoms with van der Waals surface area (Å²) in [6.07, 6.45) is 1.90. The Bertz CT molecular complexity index is 877. The van der Waals surface area contributed by atoms with Crippen LogP contribution in [0.4, 0.5) is 0 Å². The highest BCUT2D eigenvalue weighted by Crippen LogP contribution is 2.34. The van der Waals surface area contributed by atoms with Gasteiger partial charge in [-0.25, -0.2) is 0 Å². The molecule has 4 rings (SSSR count). The van der Waals surface area contributed by atoms with Crippen molar-refractivity contribution in [1.29, 1.82) is 0 Å². The van der Waals surface area contributed by atoms with Crippen LogP contribution in [0.15, 0.2) is 60.8 Å². The van der Waals surface area contributed by atoms with Crippen LogP contribution in [0.2, 0.25) is 0 Å². The number of aryl methyl sites for hydroxylation is 1. The molecule has 0 aliphatic carbocycles. The molecule has 0 amide bonds. The van der Waals surface area contributed by atoms with E-state index >= 15 is 0 Å². The Morgan fingerprint density at radius 2 is 1.26 bits per heavy atom. The molecule has 0 bridgehead atoms. The van der Waals surface area contributed by atoms with Gasteiger partial charge in [0, 0.05) is 17.0 Å². The molecule has 0 N–H and O–H groups in total. The summed E-state index contributed by atoms with van der Waals surface area (Å²) in [6.45, 7) is 2.16. The zero-order chi connectivity index (χ0) is 12.8. The van der Waals surface area contributed by atoms with Gasteiger partial charge in [0.1, 0.15) is 0 Å². The summed E-state index contributed by atoms with van der Waals surface area (Å²) < 4.78 is 0. The van der Waals surface area contributed by atoms with Crippen LogP contribution < -0.4 is 0 Å². The summed E-state index contributed by atoms with van der Waals surface area (Å²) in [7, 11) is 0. The molecule has 1 heteroatoms. The van der Waals surface area contributed by atoms with E-state index < -0.39 is 0 Å². The highest BCUT2D eigenvalue weighted by Gasteiger charge is 2.09. The molecule has 0 aliphatic heterocycles. The van der Waals surface area contributed by atoms with Crippen molar-refractivity contribution in [2.45, 2.75) is 6.92 Å². The monoisotopic (exact) mass is 243 g/mol. The van der Waals surface area contributed by atoms with Gasteiger partial charge in [-0.15, -0.1) is 0 Å². The van der Waals surface area contributed by atoms with Crippen LogP contribution in [0.25, 0.3) is 32.4 Å². The third-order valence-electron chi connectivity index (χ3n) is 3.83. The van der Waals surface area contributed by atoms with E-state index in [2.05, 4.69) is 66.5 Å². The molecule has 4 aromatic rings. The molecule has 1 nitrogen and oxygen atoms in total. The Morgan fingerprint density at radius 3 is 2.00 bits per heavy atom. The molecule has 0 unspecified atom stereocenters. The van der Waals surface area contributed by atoms with Crippen LogP contribution in [0.1, 0.15) is 5.56 Å². The fourth-order valence-electron chi connectivity index (χ4n) is 2.96. The van der Waals surface area contributed by atoms with E-state index in [0.717, 1.165) is 5.52 Å². The fraction of sp³-hybridized carbons (Fsp3) is 0.0556. The SMILES string of the molecule is Cc1ccnc2c3ccccc3c3ccccc3c12. The Morgan fingerprint density at radius 1 is 0.684 bits per heavy atom. The van der Waals surface area contributed by atoms with E-state index in [-0.39, 0.29) is 0 Å². The molecule has 0 saturated carbocycles. The van der Waals surface area contributed by atoms with Crippen LogP contribution in [0, 0.1) is 6.92 Å². The lowest BCUT2D eigenvalue weighted by molar-refractivity contribution is 1.39. The number of aromatic nitrogens is 1. The van der Waals surface area contributed by atoms with Gasteiger partial charge >= 0.3 is 0 Å². The van der Waals surface area contributed by atoms with Crippen molar-refractivity contribution < 1.29 is 0 Å². The van der Waals surface area contributed by atoms with Gasteiger partial charge in [0.2, 0.25) is 0 Å². The quantitative estimate of drug-likeness (QED) is 0.402. The second kappa shape index (κ2) is 3.79. The van der Waals surface area contributed by atoms with Crippen LogP contribution in [0.5, 0.6) is 0 Å². The molecular weight excluding hydrogens is 230 g/mol. The van der Waals surface area contributed by atoms with Gasteiger partial charge in [0.05, 0.1) is 5.52 Å². The summed E-state index contributed by atoms with van der Waals surface area (Å²) in [5.74, 6) is 0. The van der Waals surface area contributed by atoms with Gasteiger partial charge in [-0.1, -0.05) is 48.5 Å². The average Bonchev–Trinajstić information content (AvgIpc) is 2.47. The highest BCUT2D eigenvalue weighted by molar-refractivity contribution is 6.24. The predicted molar refractivity (Wildman–Crippen MR) is 81.5 cm³/mol. The Hall–Kier alpha value is -2.41. The Kier molecular flexibility index (Phi) is 2.10. The number of rotatable bonds is 0. The first-order valence-corrected chi connectivity index (χ1v) is 6.51. The normalized spacial score (nSPS) is 11.4. The molecule has 3 aromatic carbocycles. The Labute approximate surface area is 111 Å². The lowest BCUT2D eigenvalue weighted by Gasteiger charge is -2.10. The molecule has 0 radical (unpaired) electrons. The van der Waals surface area contributed by atoms with Gasteiger partial charge in [-0.2, -0.15) is 0 Å². The van der Waals surface area contributed by atoms with E-state index in [4.69, 9.17) is 0 Å². The molecule has 0 spiro atoms.